The van der Waals surface area contributed by atoms with E-state index < -0.39 is 11.6 Å². The summed E-state index contributed by atoms with van der Waals surface area (Å²) in [5.41, 5.74) is 0. The monoisotopic (exact) mass is 173 g/mol. The van der Waals surface area contributed by atoms with Gasteiger partial charge in [0.2, 0.25) is 6.33 Å². The van der Waals surface area contributed by atoms with Crippen molar-refractivity contribution >= 4 is 5.82 Å². The Morgan fingerprint density at radius 1 is 1.75 bits per heavy atom. The van der Waals surface area contributed by atoms with Gasteiger partial charge in [-0.05, 0) is 16.3 Å². The smallest absolute Gasteiger partial charge is 0.358 e. The van der Waals surface area contributed by atoms with E-state index in [1.54, 1.807) is 0 Å². The predicted octanol–water partition coefficient (Wildman–Crippen LogP) is 1.15. The zero-order valence-corrected chi connectivity index (χ0v) is 6.31. The van der Waals surface area contributed by atoms with E-state index in [0.29, 0.717) is 13.0 Å². The Labute approximate surface area is 68.0 Å². The molecule has 0 spiro atoms. The summed E-state index contributed by atoms with van der Waals surface area (Å²) in [6.45, 7) is 0.00329. The van der Waals surface area contributed by atoms with Crippen LogP contribution in [-0.4, -0.2) is 21.1 Å². The van der Waals surface area contributed by atoms with Crippen LogP contribution in [0.5, 0.6) is 0 Å². The zero-order chi connectivity index (χ0) is 8.97. The molecule has 0 unspecified atom stereocenters. The van der Waals surface area contributed by atoms with Crippen molar-refractivity contribution in [1.82, 2.24) is 9.55 Å². The number of alkyl halides is 1. The van der Waals surface area contributed by atoms with Gasteiger partial charge in [-0.15, -0.1) is 0 Å². The molecule has 5 nitrogen and oxygen atoms in total. The molecule has 0 aliphatic heterocycles. The van der Waals surface area contributed by atoms with E-state index in [1.165, 1.54) is 17.1 Å². The molecule has 1 aromatic rings. The van der Waals surface area contributed by atoms with Gasteiger partial charge in [0.1, 0.15) is 6.20 Å². The van der Waals surface area contributed by atoms with Crippen LogP contribution in [0.2, 0.25) is 0 Å². The number of halogens is 1. The first-order chi connectivity index (χ1) is 5.74. The minimum absolute atomic E-state index is 0.200. The van der Waals surface area contributed by atoms with Gasteiger partial charge in [0.25, 0.3) is 0 Å². The molecule has 0 bridgehead atoms. The molecule has 0 N–H and O–H groups in total. The van der Waals surface area contributed by atoms with Crippen molar-refractivity contribution in [1.29, 1.82) is 0 Å². The molecule has 12 heavy (non-hydrogen) atoms. The van der Waals surface area contributed by atoms with E-state index >= 15 is 0 Å². The van der Waals surface area contributed by atoms with Gasteiger partial charge in [-0.1, -0.05) is 0 Å². The minimum atomic E-state index is -0.577. The van der Waals surface area contributed by atoms with Gasteiger partial charge in [0.05, 0.1) is 6.67 Å². The number of hydrogen-bond donors (Lipinski definition) is 0. The highest BCUT2D eigenvalue weighted by molar-refractivity contribution is 5.12. The van der Waals surface area contributed by atoms with Crippen molar-refractivity contribution in [2.45, 2.75) is 13.0 Å². The van der Waals surface area contributed by atoms with Crippen LogP contribution in [0.3, 0.4) is 0 Å². The third kappa shape index (κ3) is 2.01. The molecule has 1 rings (SSSR count). The lowest BCUT2D eigenvalue weighted by molar-refractivity contribution is -0.389. The molecule has 0 aliphatic rings. The summed E-state index contributed by atoms with van der Waals surface area (Å²) < 4.78 is 13.2. The average Bonchev–Trinajstić information content (AvgIpc) is 2.48. The van der Waals surface area contributed by atoms with Crippen LogP contribution in [0.1, 0.15) is 6.42 Å². The SMILES string of the molecule is O=[N+]([O-])c1cn(CCCF)cn1. The van der Waals surface area contributed by atoms with Crippen LogP contribution in [0.4, 0.5) is 10.2 Å². The third-order valence-corrected chi connectivity index (χ3v) is 1.36. The van der Waals surface area contributed by atoms with Gasteiger partial charge in [-0.2, -0.15) is 0 Å². The Bertz CT molecular complexity index is 274. The fourth-order valence-corrected chi connectivity index (χ4v) is 0.807. The van der Waals surface area contributed by atoms with Gasteiger partial charge in [0, 0.05) is 6.54 Å². The first-order valence-corrected chi connectivity index (χ1v) is 3.46. The fourth-order valence-electron chi connectivity index (χ4n) is 0.807. The minimum Gasteiger partial charge on any atom is -0.358 e. The fraction of sp³-hybridized carbons (Fsp3) is 0.500. The van der Waals surface area contributed by atoms with Crippen molar-refractivity contribution in [2.24, 2.45) is 0 Å². The maximum Gasteiger partial charge on any atom is 0.381 e. The maximum atomic E-state index is 11.7. The molecule has 0 aromatic carbocycles. The molecule has 0 atom stereocenters. The zero-order valence-electron chi connectivity index (χ0n) is 6.31. The second kappa shape index (κ2) is 3.80. The lowest BCUT2D eigenvalue weighted by atomic mass is 10.5. The number of aromatic nitrogens is 2. The number of nitrogens with zero attached hydrogens (tertiary/aromatic N) is 3. The highest BCUT2D eigenvalue weighted by atomic mass is 19.1. The van der Waals surface area contributed by atoms with Gasteiger partial charge in [-0.25, -0.2) is 0 Å². The van der Waals surface area contributed by atoms with E-state index in [9.17, 15) is 14.5 Å². The summed E-state index contributed by atoms with van der Waals surface area (Å²) in [4.78, 5) is 13.1. The first kappa shape index (κ1) is 8.63. The molecule has 0 saturated carbocycles. The van der Waals surface area contributed by atoms with Crippen molar-refractivity contribution in [3.05, 3.63) is 22.6 Å². The summed E-state index contributed by atoms with van der Waals surface area (Å²) in [6.07, 6.45) is 2.97. The Hall–Kier alpha value is -1.46. The molecule has 0 fully saturated rings. The van der Waals surface area contributed by atoms with E-state index in [4.69, 9.17) is 0 Å². The van der Waals surface area contributed by atoms with Crippen molar-refractivity contribution < 1.29 is 9.31 Å². The predicted molar refractivity (Wildman–Crippen MR) is 39.5 cm³/mol. The summed E-state index contributed by atoms with van der Waals surface area (Å²) in [7, 11) is 0. The van der Waals surface area contributed by atoms with Gasteiger partial charge in [0.15, 0.2) is 0 Å². The van der Waals surface area contributed by atoms with E-state index in [0.717, 1.165) is 0 Å². The molecular formula is C6H8FN3O2. The second-order valence-electron chi connectivity index (χ2n) is 2.27. The largest absolute Gasteiger partial charge is 0.381 e. The highest BCUT2D eigenvalue weighted by Crippen LogP contribution is 2.05. The standard InChI is InChI=1S/C6H8FN3O2/c7-2-1-3-9-4-6(8-5-9)10(11)12/h4-5H,1-3H2. The topological polar surface area (TPSA) is 61.0 Å². The van der Waals surface area contributed by atoms with Gasteiger partial charge < -0.3 is 14.7 Å². The Balaban J connectivity index is 2.58. The molecule has 0 aliphatic carbocycles. The number of imidazole rings is 1. The number of aryl methyl sites for hydroxylation is 1. The summed E-state index contributed by atoms with van der Waals surface area (Å²) >= 11 is 0. The number of nitro groups is 1. The van der Waals surface area contributed by atoms with Crippen LogP contribution in [0.25, 0.3) is 0 Å². The van der Waals surface area contributed by atoms with Crippen LogP contribution in [-0.2, 0) is 6.54 Å². The van der Waals surface area contributed by atoms with Crippen LogP contribution in [0.15, 0.2) is 12.5 Å². The second-order valence-corrected chi connectivity index (χ2v) is 2.27. The van der Waals surface area contributed by atoms with Crippen LogP contribution < -0.4 is 0 Å². The molecule has 0 saturated heterocycles. The third-order valence-electron chi connectivity index (χ3n) is 1.36. The molecule has 1 heterocycles. The Morgan fingerprint density at radius 2 is 2.50 bits per heavy atom. The van der Waals surface area contributed by atoms with Gasteiger partial charge in [-0.3, -0.25) is 4.39 Å². The van der Waals surface area contributed by atoms with E-state index in [2.05, 4.69) is 4.98 Å². The summed E-state index contributed by atoms with van der Waals surface area (Å²) in [6, 6.07) is 0. The Morgan fingerprint density at radius 3 is 3.00 bits per heavy atom. The number of hydrogen-bond acceptors (Lipinski definition) is 3. The molecule has 0 radical (unpaired) electrons. The van der Waals surface area contributed by atoms with Crippen LogP contribution >= 0.6 is 0 Å². The summed E-state index contributed by atoms with van der Waals surface area (Å²) in [5, 5.41) is 10.1. The molecule has 0 amide bonds. The van der Waals surface area contributed by atoms with Gasteiger partial charge >= 0.3 is 5.82 Å². The average molecular weight is 173 g/mol. The van der Waals surface area contributed by atoms with Crippen LogP contribution in [0, 0.1) is 10.1 Å². The maximum absolute atomic E-state index is 11.7. The first-order valence-electron chi connectivity index (χ1n) is 3.46. The van der Waals surface area contributed by atoms with Crippen molar-refractivity contribution in [2.75, 3.05) is 6.67 Å². The molecule has 6 heteroatoms. The lowest BCUT2D eigenvalue weighted by Crippen LogP contribution is -1.94. The molecule has 1 aromatic heterocycles. The van der Waals surface area contributed by atoms with E-state index in [-0.39, 0.29) is 5.82 Å². The molecule has 66 valence electrons. The van der Waals surface area contributed by atoms with Crippen molar-refractivity contribution in [3.63, 3.8) is 0 Å². The quantitative estimate of drug-likeness (QED) is 0.506. The van der Waals surface area contributed by atoms with Crippen molar-refractivity contribution in [3.8, 4) is 0 Å². The van der Waals surface area contributed by atoms with E-state index in [1.807, 2.05) is 0 Å². The number of rotatable bonds is 4. The highest BCUT2D eigenvalue weighted by Gasteiger charge is 2.08. The normalized spacial score (nSPS) is 10.1. The molecular weight excluding hydrogens is 165 g/mol. The Kier molecular flexibility index (Phi) is 2.73. The summed E-state index contributed by atoms with van der Waals surface area (Å²) in [5.74, 6) is -0.200. The lowest BCUT2D eigenvalue weighted by Gasteiger charge is -1.93.